The van der Waals surface area contributed by atoms with Gasteiger partial charge in [-0.3, -0.25) is 4.40 Å². The number of hydrogen-bond donors (Lipinski definition) is 1. The van der Waals surface area contributed by atoms with Gasteiger partial charge in [0.25, 0.3) is 0 Å². The molecule has 0 radical (unpaired) electrons. The molecule has 0 aliphatic heterocycles. The van der Waals surface area contributed by atoms with Crippen molar-refractivity contribution >= 4 is 22.3 Å². The molecule has 1 atom stereocenters. The fourth-order valence-corrected chi connectivity index (χ4v) is 3.95. The minimum absolute atomic E-state index is 0.340. The molecule has 4 nitrogen and oxygen atoms in total. The minimum Gasteiger partial charge on any atom is -0.477 e. The lowest BCUT2D eigenvalue weighted by molar-refractivity contribution is 0.0688. The van der Waals surface area contributed by atoms with Gasteiger partial charge in [0, 0.05) is 10.6 Å². The summed E-state index contributed by atoms with van der Waals surface area (Å²) in [4.78, 5) is 17.8. The summed E-state index contributed by atoms with van der Waals surface area (Å²) in [6.07, 6.45) is 3.16. The van der Waals surface area contributed by atoms with Crippen LogP contribution in [0.1, 0.15) is 40.1 Å². The molecule has 0 aromatic carbocycles. The lowest BCUT2D eigenvalue weighted by Gasteiger charge is -2.17. The van der Waals surface area contributed by atoms with Crippen LogP contribution in [0, 0.1) is 12.8 Å². The first-order chi connectivity index (χ1) is 8.08. The molecule has 0 amide bonds. The van der Waals surface area contributed by atoms with E-state index in [4.69, 9.17) is 0 Å². The zero-order valence-electron chi connectivity index (χ0n) is 9.86. The molecule has 1 aliphatic rings. The molecule has 1 N–H and O–H groups in total. The van der Waals surface area contributed by atoms with Crippen molar-refractivity contribution in [2.45, 2.75) is 33.1 Å². The van der Waals surface area contributed by atoms with Gasteiger partial charge in [0.15, 0.2) is 10.7 Å². The first-order valence-electron chi connectivity index (χ1n) is 5.80. The van der Waals surface area contributed by atoms with Gasteiger partial charge in [-0.1, -0.05) is 6.92 Å². The molecular formula is C12H14N2O2S. The fraction of sp³-hybridized carbons (Fsp3) is 0.500. The van der Waals surface area contributed by atoms with E-state index in [1.165, 1.54) is 10.6 Å². The summed E-state index contributed by atoms with van der Waals surface area (Å²) in [5, 5.41) is 9.27. The van der Waals surface area contributed by atoms with E-state index >= 15 is 0 Å². The van der Waals surface area contributed by atoms with Crippen molar-refractivity contribution in [1.29, 1.82) is 0 Å². The zero-order chi connectivity index (χ0) is 12.2. The van der Waals surface area contributed by atoms with Gasteiger partial charge in [-0.15, -0.1) is 11.3 Å². The van der Waals surface area contributed by atoms with E-state index in [0.717, 1.165) is 24.2 Å². The molecule has 90 valence electrons. The lowest BCUT2D eigenvalue weighted by atomic mass is 9.93. The van der Waals surface area contributed by atoms with Gasteiger partial charge in [-0.25, -0.2) is 9.78 Å². The Morgan fingerprint density at radius 3 is 3.06 bits per heavy atom. The molecule has 2 aromatic heterocycles. The summed E-state index contributed by atoms with van der Waals surface area (Å²) < 4.78 is 1.85. The molecule has 1 aliphatic carbocycles. The van der Waals surface area contributed by atoms with Gasteiger partial charge in [0.05, 0.1) is 5.69 Å². The van der Waals surface area contributed by atoms with Crippen molar-refractivity contribution in [3.05, 3.63) is 22.0 Å². The monoisotopic (exact) mass is 250 g/mol. The normalized spacial score (nSPS) is 19.5. The molecule has 0 saturated heterocycles. The Kier molecular flexibility index (Phi) is 2.26. The van der Waals surface area contributed by atoms with Gasteiger partial charge in [0.1, 0.15) is 0 Å². The number of carbonyl (C=O) groups is 1. The van der Waals surface area contributed by atoms with E-state index in [9.17, 15) is 9.90 Å². The Hall–Kier alpha value is -1.36. The van der Waals surface area contributed by atoms with Crippen molar-refractivity contribution in [2.24, 2.45) is 5.92 Å². The number of carboxylic acid groups (broad SMARTS) is 1. The van der Waals surface area contributed by atoms with E-state index in [2.05, 4.69) is 11.9 Å². The third-order valence-electron chi connectivity index (χ3n) is 3.44. The second kappa shape index (κ2) is 3.57. The zero-order valence-corrected chi connectivity index (χ0v) is 10.7. The Bertz CT molecular complexity index is 612. The second-order valence-electron chi connectivity index (χ2n) is 4.79. The molecule has 0 fully saturated rings. The van der Waals surface area contributed by atoms with Crippen LogP contribution in [-0.4, -0.2) is 20.5 Å². The molecule has 0 bridgehead atoms. The van der Waals surface area contributed by atoms with E-state index in [1.807, 2.05) is 4.40 Å². The van der Waals surface area contributed by atoms with Crippen LogP contribution in [0.5, 0.6) is 0 Å². The highest BCUT2D eigenvalue weighted by molar-refractivity contribution is 7.17. The molecule has 0 spiro atoms. The number of fused-ring (bicyclic) bond motifs is 3. The van der Waals surface area contributed by atoms with Crippen LogP contribution in [0.2, 0.25) is 0 Å². The summed E-state index contributed by atoms with van der Waals surface area (Å²) in [6, 6.07) is 0. The average Bonchev–Trinajstić information content (AvgIpc) is 2.70. The molecule has 2 aromatic rings. The van der Waals surface area contributed by atoms with Crippen molar-refractivity contribution in [3.63, 3.8) is 0 Å². The van der Waals surface area contributed by atoms with E-state index in [-0.39, 0.29) is 0 Å². The summed E-state index contributed by atoms with van der Waals surface area (Å²) >= 11 is 1.64. The van der Waals surface area contributed by atoms with Crippen LogP contribution >= 0.6 is 11.3 Å². The predicted molar refractivity (Wildman–Crippen MR) is 66.0 cm³/mol. The third-order valence-corrected chi connectivity index (χ3v) is 4.54. The van der Waals surface area contributed by atoms with Crippen LogP contribution in [0.3, 0.4) is 0 Å². The summed E-state index contributed by atoms with van der Waals surface area (Å²) in [7, 11) is 0. The number of aromatic carboxylic acids is 1. The van der Waals surface area contributed by atoms with Gasteiger partial charge >= 0.3 is 5.97 Å². The van der Waals surface area contributed by atoms with Gasteiger partial charge < -0.3 is 5.11 Å². The van der Waals surface area contributed by atoms with E-state index < -0.39 is 5.97 Å². The maximum Gasteiger partial charge on any atom is 0.354 e. The maximum absolute atomic E-state index is 11.3. The molecule has 2 heterocycles. The maximum atomic E-state index is 11.3. The van der Waals surface area contributed by atoms with Gasteiger partial charge in [0.2, 0.25) is 0 Å². The van der Waals surface area contributed by atoms with Gasteiger partial charge in [-0.05, 0) is 32.1 Å². The van der Waals surface area contributed by atoms with Crippen molar-refractivity contribution in [1.82, 2.24) is 9.38 Å². The second-order valence-corrected chi connectivity index (χ2v) is 5.85. The first-order valence-corrected chi connectivity index (χ1v) is 6.62. The quantitative estimate of drug-likeness (QED) is 0.846. The number of hydrogen-bond acceptors (Lipinski definition) is 3. The number of imidazole rings is 1. The topological polar surface area (TPSA) is 54.6 Å². The number of rotatable bonds is 1. The summed E-state index contributed by atoms with van der Waals surface area (Å²) in [6.45, 7) is 4.01. The van der Waals surface area contributed by atoms with E-state index in [1.54, 1.807) is 18.3 Å². The molecule has 1 unspecified atom stereocenters. The molecule has 17 heavy (non-hydrogen) atoms. The predicted octanol–water partition coefficient (Wildman–Crippen LogP) is 2.53. The van der Waals surface area contributed by atoms with Crippen LogP contribution in [0.15, 0.2) is 0 Å². The Balaban J connectivity index is 2.28. The SMILES string of the molecule is Cc1nc2sc3c(n2c1C(=O)O)CCC(C)C3. The van der Waals surface area contributed by atoms with Crippen LogP contribution in [0.4, 0.5) is 0 Å². The highest BCUT2D eigenvalue weighted by Gasteiger charge is 2.26. The van der Waals surface area contributed by atoms with Crippen LogP contribution < -0.4 is 0 Å². The number of nitrogens with zero attached hydrogens (tertiary/aromatic N) is 2. The molecule has 0 saturated carbocycles. The van der Waals surface area contributed by atoms with Gasteiger partial charge in [-0.2, -0.15) is 0 Å². The molecular weight excluding hydrogens is 236 g/mol. The van der Waals surface area contributed by atoms with Crippen molar-refractivity contribution in [3.8, 4) is 0 Å². The first kappa shape index (κ1) is 10.8. The van der Waals surface area contributed by atoms with Crippen molar-refractivity contribution in [2.75, 3.05) is 0 Å². The number of aryl methyl sites for hydroxylation is 2. The Labute approximate surface area is 103 Å². The van der Waals surface area contributed by atoms with Crippen LogP contribution in [-0.2, 0) is 12.8 Å². The number of aromatic nitrogens is 2. The highest BCUT2D eigenvalue weighted by Crippen LogP contribution is 2.33. The Morgan fingerprint density at radius 2 is 2.35 bits per heavy atom. The summed E-state index contributed by atoms with van der Waals surface area (Å²) in [5.41, 5.74) is 2.12. The smallest absolute Gasteiger partial charge is 0.354 e. The standard InChI is InChI=1S/C12H14N2O2S/c1-6-3-4-8-9(5-6)17-12-13-7(2)10(11(15)16)14(8)12/h6H,3-5H2,1-2H3,(H,15,16). The number of carboxylic acids is 1. The molecule has 5 heteroatoms. The molecule has 3 rings (SSSR count). The summed E-state index contributed by atoms with van der Waals surface area (Å²) in [5.74, 6) is -0.186. The fourth-order valence-electron chi connectivity index (χ4n) is 2.58. The van der Waals surface area contributed by atoms with Crippen molar-refractivity contribution < 1.29 is 9.90 Å². The minimum atomic E-state index is -0.880. The number of thiazole rings is 1. The highest BCUT2D eigenvalue weighted by atomic mass is 32.1. The third kappa shape index (κ3) is 1.49. The lowest BCUT2D eigenvalue weighted by Crippen LogP contribution is -2.13. The Morgan fingerprint density at radius 1 is 1.59 bits per heavy atom. The average molecular weight is 250 g/mol. The largest absolute Gasteiger partial charge is 0.477 e. The van der Waals surface area contributed by atoms with E-state index in [0.29, 0.717) is 17.3 Å². The van der Waals surface area contributed by atoms with Crippen LogP contribution in [0.25, 0.3) is 4.96 Å².